The molecule has 0 radical (unpaired) electrons. The van der Waals surface area contributed by atoms with Crippen LogP contribution < -0.4 is 10.1 Å². The Hall–Kier alpha value is -2.40. The second-order valence-electron chi connectivity index (χ2n) is 5.94. The van der Waals surface area contributed by atoms with E-state index >= 15 is 0 Å². The molecule has 0 amide bonds. The highest BCUT2D eigenvalue weighted by Crippen LogP contribution is 2.28. The van der Waals surface area contributed by atoms with E-state index in [0.717, 1.165) is 42.9 Å². The van der Waals surface area contributed by atoms with Gasteiger partial charge in [-0.1, -0.05) is 29.5 Å². The predicted molar refractivity (Wildman–Crippen MR) is 89.6 cm³/mol. The molecule has 2 aromatic carbocycles. The first-order valence-corrected chi connectivity index (χ1v) is 8.08. The molecular weight excluding hydrogens is 288 g/mol. The molecule has 1 aliphatic rings. The minimum Gasteiger partial charge on any atom is -0.493 e. The molecule has 0 bridgehead atoms. The van der Waals surface area contributed by atoms with E-state index in [-0.39, 0.29) is 0 Å². The Morgan fingerprint density at radius 1 is 1.26 bits per heavy atom. The maximum Gasteiger partial charge on any atom is 0.122 e. The summed E-state index contributed by atoms with van der Waals surface area (Å²) in [4.78, 5) is 0. The molecule has 2 heterocycles. The molecule has 4 rings (SSSR count). The predicted octanol–water partition coefficient (Wildman–Crippen LogP) is 2.72. The van der Waals surface area contributed by atoms with Gasteiger partial charge in [0.05, 0.1) is 18.7 Å². The molecule has 0 fully saturated rings. The van der Waals surface area contributed by atoms with Crippen LogP contribution in [0.1, 0.15) is 24.1 Å². The van der Waals surface area contributed by atoms with Gasteiger partial charge in [0.25, 0.3) is 0 Å². The van der Waals surface area contributed by atoms with Gasteiger partial charge in [-0.15, -0.1) is 5.10 Å². The van der Waals surface area contributed by atoms with Crippen molar-refractivity contribution in [3.05, 3.63) is 53.6 Å². The topological polar surface area (TPSA) is 52.0 Å². The third-order valence-corrected chi connectivity index (χ3v) is 4.41. The molecule has 1 aromatic heterocycles. The van der Waals surface area contributed by atoms with Gasteiger partial charge in [-0.3, -0.25) is 0 Å². The highest BCUT2D eigenvalue weighted by molar-refractivity contribution is 5.73. The summed E-state index contributed by atoms with van der Waals surface area (Å²) in [6.07, 6.45) is 1.01. The molecule has 0 spiro atoms. The molecule has 1 atom stereocenters. The van der Waals surface area contributed by atoms with Crippen LogP contribution in [0.25, 0.3) is 11.0 Å². The van der Waals surface area contributed by atoms with Crippen LogP contribution in [0, 0.1) is 0 Å². The van der Waals surface area contributed by atoms with Gasteiger partial charge >= 0.3 is 0 Å². The summed E-state index contributed by atoms with van der Waals surface area (Å²) in [6.45, 7) is 4.65. The fraction of sp³-hybridized carbons (Fsp3) is 0.333. The van der Waals surface area contributed by atoms with Crippen LogP contribution in [0.5, 0.6) is 5.75 Å². The summed E-state index contributed by atoms with van der Waals surface area (Å²) in [5.41, 5.74) is 4.65. The number of nitrogens with one attached hydrogen (secondary N) is 1. The number of benzene rings is 2. The zero-order chi connectivity index (χ0) is 15.6. The number of nitrogens with zero attached hydrogens (tertiary/aromatic N) is 3. The summed E-state index contributed by atoms with van der Waals surface area (Å²) < 4.78 is 7.52. The third-order valence-electron chi connectivity index (χ3n) is 4.41. The average Bonchev–Trinajstić information content (AvgIpc) is 3.21. The van der Waals surface area contributed by atoms with Gasteiger partial charge in [0.15, 0.2) is 0 Å². The van der Waals surface area contributed by atoms with E-state index in [1.54, 1.807) is 0 Å². The van der Waals surface area contributed by atoms with Crippen molar-refractivity contribution in [2.45, 2.75) is 25.9 Å². The summed E-state index contributed by atoms with van der Waals surface area (Å²) in [7, 11) is 0. The highest BCUT2D eigenvalue weighted by atomic mass is 16.5. The summed E-state index contributed by atoms with van der Waals surface area (Å²) in [5, 5.41) is 12.0. The molecule has 0 saturated carbocycles. The first kappa shape index (κ1) is 14.2. The van der Waals surface area contributed by atoms with Crippen molar-refractivity contribution >= 4 is 11.0 Å². The van der Waals surface area contributed by atoms with Gasteiger partial charge in [-0.25, -0.2) is 4.68 Å². The van der Waals surface area contributed by atoms with Crippen molar-refractivity contribution in [3.63, 3.8) is 0 Å². The van der Waals surface area contributed by atoms with Gasteiger partial charge in [-0.2, -0.15) is 0 Å². The smallest absolute Gasteiger partial charge is 0.122 e. The summed E-state index contributed by atoms with van der Waals surface area (Å²) >= 11 is 0. The van der Waals surface area contributed by atoms with Crippen LogP contribution in [0.4, 0.5) is 0 Å². The van der Waals surface area contributed by atoms with E-state index in [1.165, 1.54) is 11.1 Å². The molecule has 1 N–H and O–H groups in total. The summed E-state index contributed by atoms with van der Waals surface area (Å²) in [6, 6.07) is 14.8. The molecule has 118 valence electrons. The zero-order valence-electron chi connectivity index (χ0n) is 13.2. The SMILES string of the molecule is CC(NCCn1nnc2ccccc21)c1ccc2c(c1)CCO2. The van der Waals surface area contributed by atoms with E-state index in [0.29, 0.717) is 6.04 Å². The van der Waals surface area contributed by atoms with Crippen LogP contribution in [0.2, 0.25) is 0 Å². The first-order valence-electron chi connectivity index (χ1n) is 8.08. The quantitative estimate of drug-likeness (QED) is 0.787. The number of para-hydroxylation sites is 1. The minimum atomic E-state index is 0.302. The van der Waals surface area contributed by atoms with Crippen molar-refractivity contribution in [1.82, 2.24) is 20.3 Å². The maximum atomic E-state index is 5.57. The van der Waals surface area contributed by atoms with Gasteiger partial charge < -0.3 is 10.1 Å². The zero-order valence-corrected chi connectivity index (χ0v) is 13.2. The monoisotopic (exact) mass is 308 g/mol. The standard InChI is InChI=1S/C18H20N4O/c1-13(14-6-7-18-15(12-14)8-11-23-18)19-9-10-22-17-5-3-2-4-16(17)20-21-22/h2-7,12-13,19H,8-11H2,1H3. The van der Waals surface area contributed by atoms with Crippen molar-refractivity contribution in [3.8, 4) is 5.75 Å². The lowest BCUT2D eigenvalue weighted by molar-refractivity contribution is 0.356. The Labute approximate surface area is 135 Å². The second kappa shape index (κ2) is 6.01. The number of ether oxygens (including phenoxy) is 1. The first-order chi connectivity index (χ1) is 11.3. The Balaban J connectivity index is 1.39. The molecule has 3 aromatic rings. The molecule has 5 nitrogen and oxygen atoms in total. The highest BCUT2D eigenvalue weighted by Gasteiger charge is 2.14. The van der Waals surface area contributed by atoms with Crippen LogP contribution in [-0.2, 0) is 13.0 Å². The Morgan fingerprint density at radius 3 is 3.13 bits per heavy atom. The lowest BCUT2D eigenvalue weighted by Gasteiger charge is -2.15. The van der Waals surface area contributed by atoms with Crippen molar-refractivity contribution < 1.29 is 4.74 Å². The van der Waals surface area contributed by atoms with E-state index in [1.807, 2.05) is 22.9 Å². The fourth-order valence-corrected chi connectivity index (χ4v) is 3.06. The van der Waals surface area contributed by atoms with E-state index in [4.69, 9.17) is 4.74 Å². The van der Waals surface area contributed by atoms with E-state index < -0.39 is 0 Å². The number of fused-ring (bicyclic) bond motifs is 2. The minimum absolute atomic E-state index is 0.302. The van der Waals surface area contributed by atoms with E-state index in [9.17, 15) is 0 Å². The van der Waals surface area contributed by atoms with Gasteiger partial charge in [0.1, 0.15) is 11.3 Å². The van der Waals surface area contributed by atoms with Crippen LogP contribution >= 0.6 is 0 Å². The van der Waals surface area contributed by atoms with E-state index in [2.05, 4.69) is 46.8 Å². The van der Waals surface area contributed by atoms with Crippen molar-refractivity contribution in [2.24, 2.45) is 0 Å². The number of rotatable bonds is 5. The van der Waals surface area contributed by atoms with Gasteiger partial charge in [0.2, 0.25) is 0 Å². The molecule has 5 heteroatoms. The Bertz CT molecular complexity index is 827. The third kappa shape index (κ3) is 2.80. The van der Waals surface area contributed by atoms with Crippen LogP contribution in [0.15, 0.2) is 42.5 Å². The molecule has 0 saturated heterocycles. The molecular formula is C18H20N4O. The number of hydrogen-bond donors (Lipinski definition) is 1. The molecule has 23 heavy (non-hydrogen) atoms. The second-order valence-corrected chi connectivity index (χ2v) is 5.94. The number of aromatic nitrogens is 3. The number of hydrogen-bond acceptors (Lipinski definition) is 4. The summed E-state index contributed by atoms with van der Waals surface area (Å²) in [5.74, 6) is 1.04. The van der Waals surface area contributed by atoms with Crippen LogP contribution in [0.3, 0.4) is 0 Å². The molecule has 1 aliphatic heterocycles. The molecule has 1 unspecified atom stereocenters. The molecule has 0 aliphatic carbocycles. The average molecular weight is 308 g/mol. The van der Waals surface area contributed by atoms with Crippen molar-refractivity contribution in [1.29, 1.82) is 0 Å². The largest absolute Gasteiger partial charge is 0.493 e. The Morgan fingerprint density at radius 2 is 2.17 bits per heavy atom. The fourth-order valence-electron chi connectivity index (χ4n) is 3.06. The van der Waals surface area contributed by atoms with Crippen molar-refractivity contribution in [2.75, 3.05) is 13.2 Å². The van der Waals surface area contributed by atoms with Gasteiger partial charge in [0, 0.05) is 19.0 Å². The van der Waals surface area contributed by atoms with Crippen LogP contribution in [-0.4, -0.2) is 28.1 Å². The Kier molecular flexibility index (Phi) is 3.71. The van der Waals surface area contributed by atoms with Gasteiger partial charge in [-0.05, 0) is 36.2 Å². The maximum absolute atomic E-state index is 5.57. The lowest BCUT2D eigenvalue weighted by Crippen LogP contribution is -2.23. The normalized spacial score (nSPS) is 14.7. The lowest BCUT2D eigenvalue weighted by atomic mass is 10.0.